The maximum Gasteiger partial charge on any atom is 0.247 e. The Balaban J connectivity index is 1.85. The topological polar surface area (TPSA) is 71.5 Å². The van der Waals surface area contributed by atoms with Crippen LogP contribution < -0.4 is 5.32 Å². The van der Waals surface area contributed by atoms with Crippen molar-refractivity contribution in [3.8, 4) is 0 Å². The highest BCUT2D eigenvalue weighted by molar-refractivity contribution is 7.89. The molecule has 2 aliphatic heterocycles. The zero-order valence-electron chi connectivity index (χ0n) is 11.5. The molecular weight excluding hydrogens is 346 g/mol. The summed E-state index contributed by atoms with van der Waals surface area (Å²) in [6.45, 7) is 1.99. The molecular formula is C13H14ClN3O3S2. The van der Waals surface area contributed by atoms with E-state index in [1.165, 1.54) is 15.6 Å². The molecule has 2 aliphatic rings. The molecule has 118 valence electrons. The fraction of sp³-hybridized carbons (Fsp3) is 0.462. The minimum Gasteiger partial charge on any atom is -0.374 e. The van der Waals surface area contributed by atoms with E-state index in [0.717, 1.165) is 4.70 Å². The Morgan fingerprint density at radius 2 is 2.27 bits per heavy atom. The van der Waals surface area contributed by atoms with E-state index >= 15 is 0 Å². The van der Waals surface area contributed by atoms with Gasteiger partial charge in [0.1, 0.15) is 10.4 Å². The van der Waals surface area contributed by atoms with Crippen LogP contribution in [0.2, 0.25) is 5.02 Å². The van der Waals surface area contributed by atoms with Gasteiger partial charge in [0.15, 0.2) is 0 Å². The second-order valence-electron chi connectivity index (χ2n) is 5.33. The Morgan fingerprint density at radius 1 is 1.41 bits per heavy atom. The Hall–Kier alpha value is -0.770. The maximum absolute atomic E-state index is 13.2. The molecule has 1 N–H and O–H groups in total. The van der Waals surface area contributed by atoms with Crippen LogP contribution >= 0.6 is 22.9 Å². The molecule has 2 aromatic rings. The summed E-state index contributed by atoms with van der Waals surface area (Å²) in [6.07, 6.45) is -0.100. The van der Waals surface area contributed by atoms with Gasteiger partial charge in [-0.1, -0.05) is 11.6 Å². The lowest BCUT2D eigenvalue weighted by molar-refractivity contribution is -0.0148. The third-order valence-electron chi connectivity index (χ3n) is 4.12. The first-order valence-electron chi connectivity index (χ1n) is 6.95. The summed E-state index contributed by atoms with van der Waals surface area (Å²) in [4.78, 5) is 4.32. The third-order valence-corrected chi connectivity index (χ3v) is 7.34. The lowest BCUT2D eigenvalue weighted by atomic mass is 10.2. The second-order valence-corrected chi connectivity index (χ2v) is 8.45. The van der Waals surface area contributed by atoms with Crippen molar-refractivity contribution < 1.29 is 13.2 Å². The number of rotatable bonds is 2. The number of thiazole rings is 1. The van der Waals surface area contributed by atoms with Crippen molar-refractivity contribution in [2.45, 2.75) is 17.0 Å². The molecule has 0 unspecified atom stereocenters. The summed E-state index contributed by atoms with van der Waals surface area (Å²) in [7, 11) is -3.72. The molecule has 2 saturated heterocycles. The zero-order valence-corrected chi connectivity index (χ0v) is 13.9. The van der Waals surface area contributed by atoms with Crippen LogP contribution in [-0.4, -0.2) is 56.1 Å². The van der Waals surface area contributed by atoms with Gasteiger partial charge in [-0.25, -0.2) is 13.4 Å². The largest absolute Gasteiger partial charge is 0.374 e. The molecule has 1 aromatic carbocycles. The van der Waals surface area contributed by atoms with Gasteiger partial charge < -0.3 is 10.1 Å². The van der Waals surface area contributed by atoms with Gasteiger partial charge in [-0.05, 0) is 12.1 Å². The van der Waals surface area contributed by atoms with Gasteiger partial charge in [0, 0.05) is 19.6 Å². The summed E-state index contributed by atoms with van der Waals surface area (Å²) in [6, 6.07) is 3.23. The SMILES string of the molecule is O=S(=O)(c1c(Cl)ccc2scnc12)N1CCO[C@@H]2CNC[C@@H]21. The third kappa shape index (κ3) is 2.17. The van der Waals surface area contributed by atoms with E-state index < -0.39 is 10.0 Å². The number of hydrogen-bond donors (Lipinski definition) is 1. The Morgan fingerprint density at radius 3 is 3.14 bits per heavy atom. The highest BCUT2D eigenvalue weighted by Crippen LogP contribution is 2.35. The number of aromatic nitrogens is 1. The average Bonchev–Trinajstić information content (AvgIpc) is 3.14. The van der Waals surface area contributed by atoms with Crippen LogP contribution in [0.3, 0.4) is 0 Å². The first-order chi connectivity index (χ1) is 10.6. The summed E-state index contributed by atoms with van der Waals surface area (Å²) >= 11 is 7.62. The van der Waals surface area contributed by atoms with Crippen LogP contribution in [0.25, 0.3) is 10.2 Å². The number of morpholine rings is 1. The quantitative estimate of drug-likeness (QED) is 0.875. The molecule has 6 nitrogen and oxygen atoms in total. The van der Waals surface area contributed by atoms with E-state index in [2.05, 4.69) is 10.3 Å². The number of sulfonamides is 1. The molecule has 22 heavy (non-hydrogen) atoms. The normalized spacial score (nSPS) is 26.4. The van der Waals surface area contributed by atoms with Crippen LogP contribution in [0.4, 0.5) is 0 Å². The molecule has 2 fully saturated rings. The molecule has 0 amide bonds. The van der Waals surface area contributed by atoms with Crippen LogP contribution in [0.1, 0.15) is 0 Å². The molecule has 1 aromatic heterocycles. The van der Waals surface area contributed by atoms with E-state index in [-0.39, 0.29) is 22.1 Å². The average molecular weight is 360 g/mol. The van der Waals surface area contributed by atoms with E-state index in [1.54, 1.807) is 17.6 Å². The number of hydrogen-bond acceptors (Lipinski definition) is 6. The number of halogens is 1. The standard InChI is InChI=1S/C13H14ClN3O3S2/c14-8-1-2-11-12(16-7-21-11)13(8)22(18,19)17-3-4-20-10-6-15-5-9(10)17/h1-2,7,9-10,15H,3-6H2/t9-,10+/m0/s1. The zero-order chi connectivity index (χ0) is 15.3. The smallest absolute Gasteiger partial charge is 0.247 e. The Labute approximate surface area is 137 Å². The highest BCUT2D eigenvalue weighted by atomic mass is 35.5. The molecule has 9 heteroatoms. The van der Waals surface area contributed by atoms with Crippen molar-refractivity contribution >= 4 is 43.2 Å². The van der Waals surface area contributed by atoms with Crippen molar-refractivity contribution in [3.05, 3.63) is 22.7 Å². The number of nitrogens with zero attached hydrogens (tertiary/aromatic N) is 2. The summed E-state index contributed by atoms with van der Waals surface area (Å²) in [5.41, 5.74) is 2.09. The first-order valence-corrected chi connectivity index (χ1v) is 9.64. The lowest BCUT2D eigenvalue weighted by Gasteiger charge is -2.36. The Kier molecular flexibility index (Phi) is 3.63. The molecule has 0 bridgehead atoms. The van der Waals surface area contributed by atoms with E-state index in [1.807, 2.05) is 0 Å². The van der Waals surface area contributed by atoms with Crippen molar-refractivity contribution in [2.75, 3.05) is 26.2 Å². The summed E-state index contributed by atoms with van der Waals surface area (Å²) in [5.74, 6) is 0. The minimum atomic E-state index is -3.72. The fourth-order valence-electron chi connectivity index (χ4n) is 3.10. The van der Waals surface area contributed by atoms with Crippen LogP contribution in [-0.2, 0) is 14.8 Å². The van der Waals surface area contributed by atoms with Crippen LogP contribution in [0.15, 0.2) is 22.5 Å². The second kappa shape index (κ2) is 5.40. The minimum absolute atomic E-state index is 0.100. The fourth-order valence-corrected chi connectivity index (χ4v) is 6.13. The molecule has 0 saturated carbocycles. The molecule has 4 rings (SSSR count). The molecule has 2 atom stereocenters. The number of nitrogens with one attached hydrogen (secondary N) is 1. The van der Waals surface area contributed by atoms with E-state index in [9.17, 15) is 8.42 Å². The first kappa shape index (κ1) is 14.8. The summed E-state index contributed by atoms with van der Waals surface area (Å²) in [5, 5.41) is 3.40. The van der Waals surface area contributed by atoms with Crippen molar-refractivity contribution in [1.82, 2.24) is 14.6 Å². The predicted molar refractivity (Wildman–Crippen MR) is 84.9 cm³/mol. The lowest BCUT2D eigenvalue weighted by Crippen LogP contribution is -2.53. The van der Waals surface area contributed by atoms with E-state index in [0.29, 0.717) is 31.8 Å². The van der Waals surface area contributed by atoms with Gasteiger partial charge >= 0.3 is 0 Å². The van der Waals surface area contributed by atoms with Gasteiger partial charge in [-0.3, -0.25) is 0 Å². The van der Waals surface area contributed by atoms with Gasteiger partial charge in [0.2, 0.25) is 10.0 Å². The monoisotopic (exact) mass is 359 g/mol. The summed E-state index contributed by atoms with van der Waals surface area (Å²) < 4.78 is 34.4. The van der Waals surface area contributed by atoms with Crippen molar-refractivity contribution in [2.24, 2.45) is 0 Å². The van der Waals surface area contributed by atoms with Gasteiger partial charge in [-0.15, -0.1) is 11.3 Å². The Bertz CT molecular complexity index is 823. The number of ether oxygens (including phenoxy) is 1. The van der Waals surface area contributed by atoms with Crippen LogP contribution in [0, 0.1) is 0 Å². The number of fused-ring (bicyclic) bond motifs is 2. The van der Waals surface area contributed by atoms with Gasteiger partial charge in [0.25, 0.3) is 0 Å². The molecule has 0 aliphatic carbocycles. The van der Waals surface area contributed by atoms with Crippen LogP contribution in [0.5, 0.6) is 0 Å². The number of benzene rings is 1. The van der Waals surface area contributed by atoms with Gasteiger partial charge in [-0.2, -0.15) is 4.31 Å². The molecule has 0 spiro atoms. The molecule has 0 radical (unpaired) electrons. The van der Waals surface area contributed by atoms with Crippen molar-refractivity contribution in [1.29, 1.82) is 0 Å². The van der Waals surface area contributed by atoms with Crippen molar-refractivity contribution in [3.63, 3.8) is 0 Å². The van der Waals surface area contributed by atoms with E-state index in [4.69, 9.17) is 16.3 Å². The predicted octanol–water partition coefficient (Wildman–Crippen LogP) is 1.31. The maximum atomic E-state index is 13.2. The van der Waals surface area contributed by atoms with Gasteiger partial charge in [0.05, 0.1) is 34.0 Å². The highest BCUT2D eigenvalue weighted by Gasteiger charge is 2.43. The molecule has 3 heterocycles.